The van der Waals surface area contributed by atoms with E-state index in [9.17, 15) is 0 Å². The molecule has 0 saturated carbocycles. The highest BCUT2D eigenvalue weighted by molar-refractivity contribution is 4.86. The number of nitrogens with one attached hydrogen (secondary N) is 1. The Balaban J connectivity index is 2.42. The molecule has 1 saturated heterocycles. The van der Waals surface area contributed by atoms with Gasteiger partial charge in [0.15, 0.2) is 0 Å². The summed E-state index contributed by atoms with van der Waals surface area (Å²) in [6.07, 6.45) is 5.42. The van der Waals surface area contributed by atoms with Crippen LogP contribution in [0.25, 0.3) is 0 Å². The minimum atomic E-state index is 0.584. The average molecular weight is 241 g/mol. The quantitative estimate of drug-likeness (QED) is 0.731. The van der Waals surface area contributed by atoms with Gasteiger partial charge >= 0.3 is 0 Å². The second kappa shape index (κ2) is 7.34. The SMILES string of the molecule is CCCC1(CN(C)CCN(C)C)CCNCC1. The lowest BCUT2D eigenvalue weighted by Gasteiger charge is -2.40. The molecule has 1 aliphatic rings. The molecule has 1 aliphatic heterocycles. The predicted molar refractivity (Wildman–Crippen MR) is 75.5 cm³/mol. The fourth-order valence-electron chi connectivity index (χ4n) is 3.00. The van der Waals surface area contributed by atoms with Crippen LogP contribution in [0.4, 0.5) is 0 Å². The third-order valence-electron chi connectivity index (χ3n) is 3.98. The van der Waals surface area contributed by atoms with Crippen molar-refractivity contribution in [3.63, 3.8) is 0 Å². The molecule has 3 heteroatoms. The zero-order chi connectivity index (χ0) is 12.7. The molecule has 0 aromatic carbocycles. The third-order valence-corrected chi connectivity index (χ3v) is 3.98. The van der Waals surface area contributed by atoms with Crippen LogP contribution in [0.1, 0.15) is 32.6 Å². The standard InChI is InChI=1S/C14H31N3/c1-5-6-14(7-9-15-10-8-14)13-17(4)12-11-16(2)3/h15H,5-13H2,1-4H3. The van der Waals surface area contributed by atoms with Crippen molar-refractivity contribution in [1.82, 2.24) is 15.1 Å². The minimum absolute atomic E-state index is 0.584. The number of piperidine rings is 1. The van der Waals surface area contributed by atoms with Crippen molar-refractivity contribution in [2.24, 2.45) is 5.41 Å². The van der Waals surface area contributed by atoms with Crippen LogP contribution in [0, 0.1) is 5.41 Å². The van der Waals surface area contributed by atoms with Crippen LogP contribution >= 0.6 is 0 Å². The van der Waals surface area contributed by atoms with E-state index in [0.29, 0.717) is 5.41 Å². The molecule has 0 atom stereocenters. The first-order valence-corrected chi connectivity index (χ1v) is 7.12. The van der Waals surface area contributed by atoms with Gasteiger partial charge in [-0.15, -0.1) is 0 Å². The summed E-state index contributed by atoms with van der Waals surface area (Å²) in [6, 6.07) is 0. The Hall–Kier alpha value is -0.120. The highest BCUT2D eigenvalue weighted by Crippen LogP contribution is 2.34. The topological polar surface area (TPSA) is 18.5 Å². The summed E-state index contributed by atoms with van der Waals surface area (Å²) in [5.74, 6) is 0. The number of hydrogen-bond donors (Lipinski definition) is 1. The second-order valence-electron chi connectivity index (χ2n) is 6.04. The zero-order valence-electron chi connectivity index (χ0n) is 12.3. The van der Waals surface area contributed by atoms with Gasteiger partial charge in [0.05, 0.1) is 0 Å². The fourth-order valence-corrected chi connectivity index (χ4v) is 3.00. The number of hydrogen-bond acceptors (Lipinski definition) is 3. The second-order valence-corrected chi connectivity index (χ2v) is 6.04. The smallest absolute Gasteiger partial charge is 0.0106 e. The van der Waals surface area contributed by atoms with Gasteiger partial charge in [0.25, 0.3) is 0 Å². The molecule has 1 heterocycles. The molecule has 1 rings (SSSR count). The monoisotopic (exact) mass is 241 g/mol. The van der Waals surface area contributed by atoms with Crippen molar-refractivity contribution in [2.75, 3.05) is 53.9 Å². The van der Waals surface area contributed by atoms with Gasteiger partial charge in [0.2, 0.25) is 0 Å². The number of nitrogens with zero attached hydrogens (tertiary/aromatic N) is 2. The molecule has 0 spiro atoms. The van der Waals surface area contributed by atoms with E-state index < -0.39 is 0 Å². The maximum Gasteiger partial charge on any atom is 0.0106 e. The molecule has 1 fully saturated rings. The number of rotatable bonds is 7. The molecule has 1 N–H and O–H groups in total. The van der Waals surface area contributed by atoms with Crippen molar-refractivity contribution < 1.29 is 0 Å². The summed E-state index contributed by atoms with van der Waals surface area (Å²) in [4.78, 5) is 4.80. The van der Waals surface area contributed by atoms with Crippen LogP contribution in [0.3, 0.4) is 0 Å². The lowest BCUT2D eigenvalue weighted by molar-refractivity contribution is 0.112. The first kappa shape index (κ1) is 14.9. The molecule has 0 aromatic heterocycles. The first-order chi connectivity index (χ1) is 8.08. The Bertz CT molecular complexity index is 192. The molecule has 3 nitrogen and oxygen atoms in total. The van der Waals surface area contributed by atoms with Crippen LogP contribution in [0.15, 0.2) is 0 Å². The maximum atomic E-state index is 3.49. The van der Waals surface area contributed by atoms with Gasteiger partial charge in [0, 0.05) is 19.6 Å². The normalized spacial score (nSPS) is 20.1. The molecule has 0 bridgehead atoms. The van der Waals surface area contributed by atoms with E-state index in [1.54, 1.807) is 0 Å². The van der Waals surface area contributed by atoms with Gasteiger partial charge < -0.3 is 15.1 Å². The number of likely N-dealkylation sites (N-methyl/N-ethyl adjacent to an activating group) is 2. The van der Waals surface area contributed by atoms with Gasteiger partial charge in [-0.2, -0.15) is 0 Å². The van der Waals surface area contributed by atoms with Crippen molar-refractivity contribution in [1.29, 1.82) is 0 Å². The van der Waals surface area contributed by atoms with E-state index in [4.69, 9.17) is 0 Å². The molecule has 0 aliphatic carbocycles. The van der Waals surface area contributed by atoms with E-state index >= 15 is 0 Å². The largest absolute Gasteiger partial charge is 0.317 e. The van der Waals surface area contributed by atoms with Crippen molar-refractivity contribution in [2.45, 2.75) is 32.6 Å². The Labute approximate surface area is 108 Å². The van der Waals surface area contributed by atoms with Crippen molar-refractivity contribution >= 4 is 0 Å². The molecular formula is C14H31N3. The van der Waals surface area contributed by atoms with Crippen LogP contribution in [0.5, 0.6) is 0 Å². The van der Waals surface area contributed by atoms with E-state index in [0.717, 1.165) is 6.54 Å². The average Bonchev–Trinajstić information content (AvgIpc) is 2.28. The van der Waals surface area contributed by atoms with Gasteiger partial charge in [-0.25, -0.2) is 0 Å². The molecule has 0 aromatic rings. The molecule has 0 amide bonds. The lowest BCUT2D eigenvalue weighted by atomic mass is 9.75. The van der Waals surface area contributed by atoms with Crippen molar-refractivity contribution in [3.8, 4) is 0 Å². The van der Waals surface area contributed by atoms with E-state index in [2.05, 4.69) is 43.2 Å². The summed E-state index contributed by atoms with van der Waals surface area (Å²) in [5.41, 5.74) is 0.584. The third kappa shape index (κ3) is 5.36. The van der Waals surface area contributed by atoms with Gasteiger partial charge in [-0.3, -0.25) is 0 Å². The predicted octanol–water partition coefficient (Wildman–Crippen LogP) is 1.65. The summed E-state index contributed by atoms with van der Waals surface area (Å²) in [5, 5.41) is 3.49. The van der Waals surface area contributed by atoms with Crippen LogP contribution in [-0.4, -0.2) is 63.7 Å². The highest BCUT2D eigenvalue weighted by Gasteiger charge is 2.31. The van der Waals surface area contributed by atoms with E-state index in [1.807, 2.05) is 0 Å². The maximum absolute atomic E-state index is 3.49. The summed E-state index contributed by atoms with van der Waals surface area (Å²) < 4.78 is 0. The molecule has 17 heavy (non-hydrogen) atoms. The summed E-state index contributed by atoms with van der Waals surface area (Å²) >= 11 is 0. The van der Waals surface area contributed by atoms with Crippen LogP contribution in [-0.2, 0) is 0 Å². The fraction of sp³-hybridized carbons (Fsp3) is 1.00. The molecule has 0 radical (unpaired) electrons. The Morgan fingerprint density at radius 3 is 2.24 bits per heavy atom. The summed E-state index contributed by atoms with van der Waals surface area (Å²) in [6.45, 7) is 8.37. The molecular weight excluding hydrogens is 210 g/mol. The van der Waals surface area contributed by atoms with Gasteiger partial charge in [-0.1, -0.05) is 13.3 Å². The van der Waals surface area contributed by atoms with E-state index in [-0.39, 0.29) is 0 Å². The van der Waals surface area contributed by atoms with Crippen molar-refractivity contribution in [3.05, 3.63) is 0 Å². The Morgan fingerprint density at radius 1 is 1.06 bits per heavy atom. The van der Waals surface area contributed by atoms with E-state index in [1.165, 1.54) is 51.9 Å². The molecule has 102 valence electrons. The summed E-state index contributed by atoms with van der Waals surface area (Å²) in [7, 11) is 6.59. The van der Waals surface area contributed by atoms with Crippen LogP contribution < -0.4 is 5.32 Å². The minimum Gasteiger partial charge on any atom is -0.317 e. The van der Waals surface area contributed by atoms with Gasteiger partial charge in [-0.05, 0) is 58.9 Å². The zero-order valence-corrected chi connectivity index (χ0v) is 12.3. The van der Waals surface area contributed by atoms with Crippen LogP contribution in [0.2, 0.25) is 0 Å². The Morgan fingerprint density at radius 2 is 1.71 bits per heavy atom. The first-order valence-electron chi connectivity index (χ1n) is 7.12. The highest BCUT2D eigenvalue weighted by atomic mass is 15.2. The van der Waals surface area contributed by atoms with Gasteiger partial charge in [0.1, 0.15) is 0 Å². The molecule has 0 unspecified atom stereocenters. The Kier molecular flexibility index (Phi) is 6.45. The lowest BCUT2D eigenvalue weighted by Crippen LogP contribution is -2.44.